The van der Waals surface area contributed by atoms with Gasteiger partial charge in [-0.2, -0.15) is 0 Å². The second kappa shape index (κ2) is 5.75. The summed E-state index contributed by atoms with van der Waals surface area (Å²) in [7, 11) is 1.37. The number of aromatic nitrogens is 3. The summed E-state index contributed by atoms with van der Waals surface area (Å²) in [4.78, 5) is 11.7. The first-order valence-corrected chi connectivity index (χ1v) is 7.86. The molecular formula is C15H23N3O3. The van der Waals surface area contributed by atoms with Gasteiger partial charge in [0.2, 0.25) is 0 Å². The molecule has 0 N–H and O–H groups in total. The fourth-order valence-corrected chi connectivity index (χ4v) is 3.69. The van der Waals surface area contributed by atoms with E-state index in [0.29, 0.717) is 18.7 Å². The first kappa shape index (κ1) is 14.5. The SMILES string of the molecule is CCc1c(C(=O)OC)nnn1CC1CCC2(CCCC2)O1. The van der Waals surface area contributed by atoms with Crippen LogP contribution in [0.15, 0.2) is 0 Å². The van der Waals surface area contributed by atoms with E-state index in [0.717, 1.165) is 18.5 Å². The summed E-state index contributed by atoms with van der Waals surface area (Å²) in [6.07, 6.45) is 8.04. The second-order valence-corrected chi connectivity index (χ2v) is 6.08. The highest BCUT2D eigenvalue weighted by atomic mass is 16.5. The van der Waals surface area contributed by atoms with Crippen molar-refractivity contribution < 1.29 is 14.3 Å². The van der Waals surface area contributed by atoms with Gasteiger partial charge in [0.15, 0.2) is 5.69 Å². The summed E-state index contributed by atoms with van der Waals surface area (Å²) in [5.74, 6) is -0.419. The number of hydrogen-bond donors (Lipinski definition) is 0. The molecule has 2 aliphatic rings. The zero-order valence-corrected chi connectivity index (χ0v) is 12.8. The Bertz CT molecular complexity index is 520. The highest BCUT2D eigenvalue weighted by Gasteiger charge is 2.42. The van der Waals surface area contributed by atoms with Crippen LogP contribution in [0.1, 0.15) is 61.6 Å². The Labute approximate surface area is 124 Å². The lowest BCUT2D eigenvalue weighted by atomic mass is 9.98. The van der Waals surface area contributed by atoms with Crippen LogP contribution in [-0.4, -0.2) is 39.8 Å². The van der Waals surface area contributed by atoms with Crippen LogP contribution in [0.5, 0.6) is 0 Å². The third kappa shape index (κ3) is 2.69. The Morgan fingerprint density at radius 1 is 1.43 bits per heavy atom. The molecule has 0 bridgehead atoms. The smallest absolute Gasteiger partial charge is 0.360 e. The van der Waals surface area contributed by atoms with E-state index in [1.807, 2.05) is 11.6 Å². The van der Waals surface area contributed by atoms with Crippen molar-refractivity contribution in [3.63, 3.8) is 0 Å². The number of nitrogens with zero attached hydrogens (tertiary/aromatic N) is 3. The largest absolute Gasteiger partial charge is 0.464 e. The molecule has 2 heterocycles. The molecule has 1 spiro atoms. The third-order valence-corrected chi connectivity index (χ3v) is 4.78. The van der Waals surface area contributed by atoms with Gasteiger partial charge in [0.25, 0.3) is 0 Å². The van der Waals surface area contributed by atoms with Crippen LogP contribution in [0, 0.1) is 0 Å². The van der Waals surface area contributed by atoms with Crippen LogP contribution < -0.4 is 0 Å². The number of ether oxygens (including phenoxy) is 2. The minimum absolute atomic E-state index is 0.128. The van der Waals surface area contributed by atoms with Crippen LogP contribution in [-0.2, 0) is 22.4 Å². The molecule has 1 saturated heterocycles. The summed E-state index contributed by atoms with van der Waals surface area (Å²) in [6.45, 7) is 2.67. The van der Waals surface area contributed by atoms with Gasteiger partial charge >= 0.3 is 5.97 Å². The van der Waals surface area contributed by atoms with Crippen molar-refractivity contribution in [2.24, 2.45) is 0 Å². The van der Waals surface area contributed by atoms with Crippen molar-refractivity contribution in [2.45, 2.75) is 70.1 Å². The van der Waals surface area contributed by atoms with Gasteiger partial charge in [0.05, 0.1) is 31.1 Å². The Kier molecular flexibility index (Phi) is 3.97. The maximum Gasteiger partial charge on any atom is 0.360 e. The summed E-state index contributed by atoms with van der Waals surface area (Å²) >= 11 is 0. The monoisotopic (exact) mass is 293 g/mol. The van der Waals surface area contributed by atoms with Crippen LogP contribution in [0.3, 0.4) is 0 Å². The Hall–Kier alpha value is -1.43. The summed E-state index contributed by atoms with van der Waals surface area (Å²) < 4.78 is 12.9. The molecular weight excluding hydrogens is 270 g/mol. The number of esters is 1. The van der Waals surface area contributed by atoms with Crippen molar-refractivity contribution >= 4 is 5.97 Å². The van der Waals surface area contributed by atoms with Gasteiger partial charge in [-0.25, -0.2) is 9.48 Å². The lowest BCUT2D eigenvalue weighted by Gasteiger charge is -2.23. The maximum atomic E-state index is 11.7. The average Bonchev–Trinajstić information content (AvgIpc) is 3.20. The highest BCUT2D eigenvalue weighted by Crippen LogP contribution is 2.43. The van der Waals surface area contributed by atoms with E-state index < -0.39 is 5.97 Å². The fraction of sp³-hybridized carbons (Fsp3) is 0.800. The third-order valence-electron chi connectivity index (χ3n) is 4.78. The maximum absolute atomic E-state index is 11.7. The zero-order chi connectivity index (χ0) is 14.9. The molecule has 21 heavy (non-hydrogen) atoms. The number of carbonyl (C=O) groups is 1. The number of carbonyl (C=O) groups excluding carboxylic acids is 1. The highest BCUT2D eigenvalue weighted by molar-refractivity contribution is 5.88. The van der Waals surface area contributed by atoms with E-state index in [1.54, 1.807) is 0 Å². The van der Waals surface area contributed by atoms with Crippen molar-refractivity contribution in [2.75, 3.05) is 7.11 Å². The molecule has 116 valence electrons. The lowest BCUT2D eigenvalue weighted by Crippen LogP contribution is -2.27. The van der Waals surface area contributed by atoms with Crippen molar-refractivity contribution in [3.8, 4) is 0 Å². The Morgan fingerprint density at radius 2 is 2.19 bits per heavy atom. The minimum Gasteiger partial charge on any atom is -0.464 e. The standard InChI is InChI=1S/C15H23N3O3/c1-3-12-13(14(19)20-2)16-17-18(12)10-11-6-9-15(21-11)7-4-5-8-15/h11H,3-10H2,1-2H3. The number of rotatable bonds is 4. The Balaban J connectivity index is 1.71. The van der Waals surface area contributed by atoms with E-state index in [9.17, 15) is 4.79 Å². The van der Waals surface area contributed by atoms with E-state index in [1.165, 1.54) is 32.8 Å². The Morgan fingerprint density at radius 3 is 2.86 bits per heavy atom. The van der Waals surface area contributed by atoms with Gasteiger partial charge < -0.3 is 9.47 Å². The first-order chi connectivity index (χ1) is 10.2. The molecule has 0 aromatic carbocycles. The predicted molar refractivity (Wildman–Crippen MR) is 76.0 cm³/mol. The van der Waals surface area contributed by atoms with Gasteiger partial charge in [-0.05, 0) is 32.1 Å². The molecule has 1 aromatic rings. The van der Waals surface area contributed by atoms with Gasteiger partial charge in [0.1, 0.15) is 0 Å². The summed E-state index contributed by atoms with van der Waals surface area (Å²) in [5.41, 5.74) is 1.29. The van der Waals surface area contributed by atoms with E-state index >= 15 is 0 Å². The van der Waals surface area contributed by atoms with Crippen LogP contribution >= 0.6 is 0 Å². The van der Waals surface area contributed by atoms with Gasteiger partial charge in [-0.15, -0.1) is 5.10 Å². The normalized spacial score (nSPS) is 23.8. The predicted octanol–water partition coefficient (Wildman–Crippen LogP) is 2.12. The van der Waals surface area contributed by atoms with Crippen molar-refractivity contribution in [1.29, 1.82) is 0 Å². The zero-order valence-electron chi connectivity index (χ0n) is 12.8. The van der Waals surface area contributed by atoms with Gasteiger partial charge in [-0.3, -0.25) is 0 Å². The molecule has 1 saturated carbocycles. The van der Waals surface area contributed by atoms with Crippen molar-refractivity contribution in [1.82, 2.24) is 15.0 Å². The lowest BCUT2D eigenvalue weighted by molar-refractivity contribution is -0.0433. The van der Waals surface area contributed by atoms with Crippen LogP contribution in [0.2, 0.25) is 0 Å². The first-order valence-electron chi connectivity index (χ1n) is 7.86. The second-order valence-electron chi connectivity index (χ2n) is 6.08. The number of hydrogen-bond acceptors (Lipinski definition) is 5. The van der Waals surface area contributed by atoms with Crippen LogP contribution in [0.4, 0.5) is 0 Å². The topological polar surface area (TPSA) is 66.2 Å². The minimum atomic E-state index is -0.419. The van der Waals surface area contributed by atoms with Gasteiger partial charge in [-0.1, -0.05) is 25.0 Å². The molecule has 1 aliphatic carbocycles. The molecule has 6 heteroatoms. The molecule has 0 amide bonds. The summed E-state index contributed by atoms with van der Waals surface area (Å²) in [6, 6.07) is 0. The summed E-state index contributed by atoms with van der Waals surface area (Å²) in [5, 5.41) is 8.09. The number of methoxy groups -OCH3 is 1. The molecule has 0 radical (unpaired) electrons. The molecule has 1 atom stereocenters. The van der Waals surface area contributed by atoms with E-state index in [4.69, 9.17) is 9.47 Å². The van der Waals surface area contributed by atoms with Crippen LogP contribution in [0.25, 0.3) is 0 Å². The molecule has 2 fully saturated rings. The molecule has 1 aliphatic heterocycles. The quantitative estimate of drug-likeness (QED) is 0.796. The molecule has 6 nitrogen and oxygen atoms in total. The van der Waals surface area contributed by atoms with Gasteiger partial charge in [0, 0.05) is 0 Å². The molecule has 1 aromatic heterocycles. The fourth-order valence-electron chi connectivity index (χ4n) is 3.69. The molecule has 1 unspecified atom stereocenters. The molecule has 3 rings (SSSR count). The van der Waals surface area contributed by atoms with Crippen molar-refractivity contribution in [3.05, 3.63) is 11.4 Å². The average molecular weight is 293 g/mol. The van der Waals surface area contributed by atoms with E-state index in [2.05, 4.69) is 10.3 Å². The van der Waals surface area contributed by atoms with E-state index in [-0.39, 0.29) is 11.7 Å².